The van der Waals surface area contributed by atoms with Crippen molar-refractivity contribution in [1.82, 2.24) is 42.5 Å². The van der Waals surface area contributed by atoms with E-state index in [2.05, 4.69) is 219 Å². The summed E-state index contributed by atoms with van der Waals surface area (Å²) in [5.41, 5.74) is 31.1. The summed E-state index contributed by atoms with van der Waals surface area (Å²) in [7, 11) is 3.15. The number of ether oxygens (including phenoxy) is 9. The number of terminal acetylenes is 3. The monoisotopic (exact) mass is 2000 g/mol. The second kappa shape index (κ2) is 81.6. The molecule has 0 aliphatic carbocycles. The number of epoxide rings is 1. The number of amides is 8. The Morgan fingerprint density at radius 1 is 0.500 bits per heavy atom. The number of methoxy groups -OCH3 is 3. The minimum atomic E-state index is -1.42. The molecule has 0 bridgehead atoms. The van der Waals surface area contributed by atoms with Crippen LogP contribution in [0.4, 0.5) is 24.0 Å². The van der Waals surface area contributed by atoms with E-state index in [1.54, 1.807) is 38.1 Å². The van der Waals surface area contributed by atoms with Crippen molar-refractivity contribution in [3.05, 3.63) is 310 Å². The van der Waals surface area contributed by atoms with Crippen LogP contribution in [0, 0.1) is 61.2 Å². The SMILES string of the molecule is C.C#C.C#CC.C#CC#CC.C=C[C@H](NC(=O)OCc1ccccc1)C(=O)OC.CC#CC.COC(=O)[C@@H](NC(=O)OCc1ccccc1)C(O)CN=[N+]=[N-].COC(=O)[C@@H](NC(=O)OCc1ccccc1)C1CO1.N[C@@H]1C(=O)NC[C@@H]1O.O=C(N[C@@H]1C(=O)NC[C@@H]1O)OCc1ccccc1.O=C(N[C@@H]1C(=O)NC[C@H]1O)OCc1ccccc1.S.[N-]=[N+]=[N-].[Na+].c1ccc(P(c2ccccc2)c2ccccc2)cc1. The van der Waals surface area contributed by atoms with Gasteiger partial charge in [0.1, 0.15) is 75.5 Å². The summed E-state index contributed by atoms with van der Waals surface area (Å²) in [5, 5.41) is 63.6. The Hall–Kier alpha value is -15.4. The second-order valence-corrected chi connectivity index (χ2v) is 29.5. The predicted molar refractivity (Wildman–Crippen MR) is 537 cm³/mol. The maximum absolute atomic E-state index is 11.7. The Balaban J connectivity index is -0.00000155. The molecule has 14 N–H and O–H groups in total. The molecule has 4 aliphatic rings. The molecule has 8 aromatic carbocycles. The van der Waals surface area contributed by atoms with Gasteiger partial charge < -0.3 is 122 Å². The maximum Gasteiger partial charge on any atom is 1.00 e. The Morgan fingerprint density at radius 3 is 1.02 bits per heavy atom. The van der Waals surface area contributed by atoms with Crippen LogP contribution in [0.15, 0.2) is 260 Å². The van der Waals surface area contributed by atoms with E-state index in [4.69, 9.17) is 62.3 Å². The molecule has 0 aromatic heterocycles. The van der Waals surface area contributed by atoms with Crippen molar-refractivity contribution in [3.63, 3.8) is 0 Å². The number of rotatable bonds is 26. The number of nitrogens with two attached hydrogens (primary N) is 1. The molecular formula is C100H119N15NaO24PS. The van der Waals surface area contributed by atoms with E-state index in [1.165, 1.54) is 41.1 Å². The number of aliphatic hydroxyl groups excluding tert-OH is 4. The first-order valence-corrected chi connectivity index (χ1v) is 43.0. The third-order valence-electron chi connectivity index (χ3n) is 17.5. The number of nitrogens with one attached hydrogen (secondary N) is 8. The molecule has 750 valence electrons. The number of nitrogens with zero attached hydrogens (tertiary/aromatic N) is 6. The number of β-amino-alcohol motifs (C(OH)–C–C–N with tert-alkyl or cyclic N) is 3. The molecular weight excluding hydrogens is 1880 g/mol. The summed E-state index contributed by atoms with van der Waals surface area (Å²) in [6.45, 7) is 11.6. The van der Waals surface area contributed by atoms with Gasteiger partial charge in [0.2, 0.25) is 17.7 Å². The van der Waals surface area contributed by atoms with Crippen LogP contribution in [-0.2, 0) is 104 Å². The molecule has 0 spiro atoms. The first kappa shape index (κ1) is 131. The van der Waals surface area contributed by atoms with Gasteiger partial charge in [-0.2, -0.15) is 13.5 Å². The van der Waals surface area contributed by atoms with E-state index in [9.17, 15) is 68.1 Å². The second-order valence-electron chi connectivity index (χ2n) is 27.3. The van der Waals surface area contributed by atoms with Crippen LogP contribution in [-0.4, -0.2) is 207 Å². The van der Waals surface area contributed by atoms with Crippen molar-refractivity contribution in [1.29, 1.82) is 0 Å². The zero-order chi connectivity index (χ0) is 103. The van der Waals surface area contributed by atoms with Gasteiger partial charge in [0.05, 0.1) is 46.7 Å². The van der Waals surface area contributed by atoms with E-state index in [0.717, 1.165) is 34.9 Å². The minimum absolute atomic E-state index is 0. The third kappa shape index (κ3) is 57.1. The molecule has 142 heavy (non-hydrogen) atoms. The summed E-state index contributed by atoms with van der Waals surface area (Å²) in [5.74, 6) is 11.6. The number of carbonyl (C=O) groups excluding carboxylic acids is 11. The van der Waals surface area contributed by atoms with Crippen LogP contribution in [0.5, 0.6) is 0 Å². The van der Waals surface area contributed by atoms with Crippen LogP contribution in [0.3, 0.4) is 0 Å². The van der Waals surface area contributed by atoms with Crippen LogP contribution >= 0.6 is 21.4 Å². The van der Waals surface area contributed by atoms with Crippen molar-refractivity contribution in [3.8, 4) is 61.2 Å². The fraction of sp³-hybridized carbons (Fsp3) is 0.290. The molecule has 0 radical (unpaired) electrons. The Bertz CT molecular complexity index is 5150. The fourth-order valence-electron chi connectivity index (χ4n) is 10.6. The number of alkyl carbamates (subject to hydrolysis) is 5. The van der Waals surface area contributed by atoms with Gasteiger partial charge >= 0.3 is 77.9 Å². The van der Waals surface area contributed by atoms with Crippen LogP contribution in [0.1, 0.15) is 62.9 Å². The normalized spacial score (nSPS) is 15.3. The van der Waals surface area contributed by atoms with Crippen molar-refractivity contribution in [2.45, 2.75) is 135 Å². The third-order valence-corrected chi connectivity index (χ3v) is 19.9. The molecule has 39 nitrogen and oxygen atoms in total. The molecule has 4 aliphatic heterocycles. The van der Waals surface area contributed by atoms with Gasteiger partial charge in [-0.05, 0) is 96.7 Å². The Labute approximate surface area is 856 Å². The number of hydrogen-bond donors (Lipinski definition) is 13. The summed E-state index contributed by atoms with van der Waals surface area (Å²) >= 11 is 0. The molecule has 4 fully saturated rings. The zero-order valence-electron chi connectivity index (χ0n) is 78.8. The van der Waals surface area contributed by atoms with E-state index in [1.807, 2.05) is 141 Å². The average Bonchev–Trinajstić information content (AvgIpc) is 1.82. The minimum Gasteiger partial charge on any atom is -0.467 e. The number of carbonyl (C=O) groups is 11. The van der Waals surface area contributed by atoms with Gasteiger partial charge in [-0.3, -0.25) is 19.3 Å². The average molecular weight is 2000 g/mol. The molecule has 8 amide bonds. The van der Waals surface area contributed by atoms with Gasteiger partial charge in [-0.25, -0.2) is 38.4 Å². The molecule has 42 heteroatoms. The number of azide groups is 1. The van der Waals surface area contributed by atoms with Crippen LogP contribution in [0.2, 0.25) is 0 Å². The van der Waals surface area contributed by atoms with Crippen molar-refractivity contribution in [2.24, 2.45) is 10.8 Å². The quantitative estimate of drug-likeness (QED) is 0.00300. The Morgan fingerprint density at radius 2 is 0.789 bits per heavy atom. The van der Waals surface area contributed by atoms with Crippen molar-refractivity contribution < 1.29 is 145 Å². The topological polar surface area (TPSA) is 585 Å². The van der Waals surface area contributed by atoms with E-state index < -0.39 is 135 Å². The summed E-state index contributed by atoms with van der Waals surface area (Å²) in [6, 6.07) is 72.4. The van der Waals surface area contributed by atoms with Gasteiger partial charge in [-0.15, -0.1) is 50.0 Å². The number of benzene rings is 8. The van der Waals surface area contributed by atoms with Crippen LogP contribution in [0.25, 0.3) is 26.4 Å². The van der Waals surface area contributed by atoms with E-state index >= 15 is 0 Å². The number of hydrogen-bond acceptors (Lipinski definition) is 26. The molecule has 4 saturated heterocycles. The maximum atomic E-state index is 11.7. The molecule has 12 rings (SSSR count). The summed E-state index contributed by atoms with van der Waals surface area (Å²) < 4.78 is 43.3. The fourth-order valence-corrected chi connectivity index (χ4v) is 12.9. The summed E-state index contributed by atoms with van der Waals surface area (Å²) in [4.78, 5) is 129. The smallest absolute Gasteiger partial charge is 0.467 e. The molecule has 4 heterocycles. The predicted octanol–water partition coefficient (Wildman–Crippen LogP) is 5.59. The summed E-state index contributed by atoms with van der Waals surface area (Å²) in [6.07, 6.45) is 10.6. The van der Waals surface area contributed by atoms with Crippen molar-refractivity contribution in [2.75, 3.05) is 54.1 Å². The van der Waals surface area contributed by atoms with Gasteiger partial charge in [0.25, 0.3) is 0 Å². The zero-order valence-corrected chi connectivity index (χ0v) is 82.7. The first-order valence-electron chi connectivity index (χ1n) is 41.6. The molecule has 0 saturated carbocycles. The first-order chi connectivity index (χ1) is 67.1. The van der Waals surface area contributed by atoms with Gasteiger partial charge in [0.15, 0.2) is 12.1 Å². The van der Waals surface area contributed by atoms with E-state index in [0.29, 0.717) is 13.2 Å². The largest absolute Gasteiger partial charge is 1.00 e. The van der Waals surface area contributed by atoms with Crippen LogP contribution < -0.4 is 93.7 Å². The van der Waals surface area contributed by atoms with Gasteiger partial charge in [-0.1, -0.05) is 267 Å². The number of aliphatic hydroxyl groups is 4. The molecule has 8 aromatic rings. The number of esters is 3. The molecule has 2 unspecified atom stereocenters. The van der Waals surface area contributed by atoms with E-state index in [-0.39, 0.29) is 109 Å². The molecule has 11 atom stereocenters. The standard InChI is InChI=1S/C18H15P.C13H16N4O5.C13H15NO5.C13H15NO4.2C12H14N2O4.C5H4.C4H8N2O2.C4H6.C3H4.C2H2.CH4.N3.Na.H2S/c1-4-10-16(11-5-1)19(17-12-6-2-7-13-17)18-14-8-3-9-15-18;1-21-12(19)11(10(18)7-15-17-14)16-13(20)22-8-9-5-3-2-4-6-9;1-17-12(15)11(10-8-18-10)14-13(16)19-7-9-5-3-2-4-6-9;1-3-11(12(15)17-2)14-13(16)18-9-10-7-5-4-6-8-10;2*15-9-6-13-11(16)10(9)14-12(17)18-7-8-4-2-1-3-5-8;1-3-5-4-2;5-3-2(7)1-6-4(3)8;1-3-4-2;1-3-2;1-2;;1-3-2;;/h1-15H;2-6,10-11,18H,7-8H2,1H3,(H,16,20);2-6,10-11H,7-8H2,1H3,(H,14,16);3-8,11H,1,9H2,2H3,(H,14,16);2*1-5,9-10,15H,6-7H2,(H,13,16)(H,14,17);1H,2H3;2-3,7H,1,5H2,(H,6,8);1-2H3;1H,2H3;1-2H;1H4;;;1H2/q;;;;;;;;;;;;-1;+1;/t;2*10?,11-;11-;9-,10+;9-,10-;;2-,3-;;;;;;;/m.00010.0......./s1. The van der Waals surface area contributed by atoms with Gasteiger partial charge in [0, 0.05) is 24.5 Å². The van der Waals surface area contributed by atoms with Crippen molar-refractivity contribution >= 4 is 103 Å². The Kier molecular flexibility index (Phi) is 75.2.